The largest absolute Gasteiger partial charge is 0.465 e. The molecular formula is C18H24N4O2. The zero-order valence-corrected chi connectivity index (χ0v) is 14.0. The summed E-state index contributed by atoms with van der Waals surface area (Å²) in [6.07, 6.45) is 0.479. The molecule has 2 fully saturated rings. The lowest BCUT2D eigenvalue weighted by atomic mass is 9.73. The number of hydrogen-bond donors (Lipinski definition) is 2. The highest BCUT2D eigenvalue weighted by molar-refractivity contribution is 5.64. The van der Waals surface area contributed by atoms with Gasteiger partial charge in [-0.25, -0.2) is 4.79 Å². The molecule has 2 saturated heterocycles. The first-order valence-corrected chi connectivity index (χ1v) is 8.37. The Balaban J connectivity index is 1.48. The molecule has 1 aromatic rings. The van der Waals surface area contributed by atoms with Crippen LogP contribution in [-0.2, 0) is 6.42 Å². The molecule has 0 bridgehead atoms. The first kappa shape index (κ1) is 16.7. The summed E-state index contributed by atoms with van der Waals surface area (Å²) in [6.45, 7) is 5.56. The average Bonchev–Trinajstić information content (AvgIpc) is 2.48. The molecule has 2 heterocycles. The molecule has 1 atom stereocenters. The van der Waals surface area contributed by atoms with E-state index in [0.29, 0.717) is 17.4 Å². The van der Waals surface area contributed by atoms with Crippen molar-refractivity contribution in [3.05, 3.63) is 35.4 Å². The number of carbonyl (C=O) groups is 1. The summed E-state index contributed by atoms with van der Waals surface area (Å²) in [5, 5.41) is 20.5. The number of nitrogens with one attached hydrogen (secondary N) is 1. The fraction of sp³-hybridized carbons (Fsp3) is 0.556. The van der Waals surface area contributed by atoms with Crippen LogP contribution in [0.3, 0.4) is 0 Å². The molecule has 2 aliphatic rings. The Hall–Kier alpha value is -2.10. The highest BCUT2D eigenvalue weighted by Gasteiger charge is 2.49. The molecule has 6 heteroatoms. The van der Waals surface area contributed by atoms with E-state index in [4.69, 9.17) is 10.4 Å². The maximum atomic E-state index is 11.0. The van der Waals surface area contributed by atoms with Gasteiger partial charge in [-0.05, 0) is 37.6 Å². The molecule has 24 heavy (non-hydrogen) atoms. The third-order valence-electron chi connectivity index (χ3n) is 5.02. The van der Waals surface area contributed by atoms with Crippen LogP contribution < -0.4 is 5.32 Å². The fourth-order valence-corrected chi connectivity index (χ4v) is 4.10. The standard InChI is InChI=1S/C18H24N4O2/c1-21-10-18(11-21)12-22(13-18)7-6-16(20-17(23)24)8-14-2-4-15(9-19)5-3-14/h2-5,16,20H,6-8,10-13H2,1H3,(H,23,24). The van der Waals surface area contributed by atoms with Gasteiger partial charge in [0.2, 0.25) is 0 Å². The van der Waals surface area contributed by atoms with Gasteiger partial charge in [0.15, 0.2) is 0 Å². The summed E-state index contributed by atoms with van der Waals surface area (Å²) in [4.78, 5) is 15.8. The van der Waals surface area contributed by atoms with Crippen molar-refractivity contribution in [2.24, 2.45) is 5.41 Å². The first-order valence-electron chi connectivity index (χ1n) is 8.37. The smallest absolute Gasteiger partial charge is 0.404 e. The summed E-state index contributed by atoms with van der Waals surface area (Å²) < 4.78 is 0. The number of benzene rings is 1. The van der Waals surface area contributed by atoms with Crippen LogP contribution in [0.2, 0.25) is 0 Å². The van der Waals surface area contributed by atoms with Crippen LogP contribution in [-0.4, -0.2) is 66.8 Å². The van der Waals surface area contributed by atoms with Crippen LogP contribution in [0.15, 0.2) is 24.3 Å². The van der Waals surface area contributed by atoms with Crippen LogP contribution in [0.5, 0.6) is 0 Å². The van der Waals surface area contributed by atoms with E-state index in [1.807, 2.05) is 12.1 Å². The van der Waals surface area contributed by atoms with Crippen molar-refractivity contribution in [1.29, 1.82) is 5.26 Å². The van der Waals surface area contributed by atoms with Crippen molar-refractivity contribution in [1.82, 2.24) is 15.1 Å². The topological polar surface area (TPSA) is 79.6 Å². The molecular weight excluding hydrogens is 304 g/mol. The molecule has 6 nitrogen and oxygen atoms in total. The number of rotatable bonds is 6. The normalized spacial score (nSPS) is 20.7. The van der Waals surface area contributed by atoms with Crippen molar-refractivity contribution < 1.29 is 9.90 Å². The number of likely N-dealkylation sites (tertiary alicyclic amines) is 2. The molecule has 0 radical (unpaired) electrons. The number of nitrogens with zero attached hydrogens (tertiary/aromatic N) is 3. The maximum Gasteiger partial charge on any atom is 0.404 e. The van der Waals surface area contributed by atoms with Crippen molar-refractivity contribution in [3.63, 3.8) is 0 Å². The third-order valence-corrected chi connectivity index (χ3v) is 5.02. The third kappa shape index (κ3) is 3.86. The SMILES string of the molecule is CN1CC2(C1)CN(CCC(Cc1ccc(C#N)cc1)NC(=O)O)C2. The zero-order valence-electron chi connectivity index (χ0n) is 14.0. The van der Waals surface area contributed by atoms with E-state index in [1.54, 1.807) is 12.1 Å². The molecule has 1 spiro atoms. The van der Waals surface area contributed by atoms with Crippen LogP contribution in [0.1, 0.15) is 17.5 Å². The second-order valence-corrected chi connectivity index (χ2v) is 7.33. The molecule has 1 unspecified atom stereocenters. The average molecular weight is 328 g/mol. The Kier molecular flexibility index (Phi) is 4.74. The summed E-state index contributed by atoms with van der Waals surface area (Å²) in [7, 11) is 2.15. The van der Waals surface area contributed by atoms with E-state index in [2.05, 4.69) is 28.2 Å². The van der Waals surface area contributed by atoms with Gasteiger partial charge in [0.05, 0.1) is 11.6 Å². The predicted molar refractivity (Wildman–Crippen MR) is 90.8 cm³/mol. The van der Waals surface area contributed by atoms with E-state index in [1.165, 1.54) is 13.1 Å². The number of carboxylic acid groups (broad SMARTS) is 1. The summed E-state index contributed by atoms with van der Waals surface area (Å²) in [5.74, 6) is 0. The fourth-order valence-electron chi connectivity index (χ4n) is 4.10. The van der Waals surface area contributed by atoms with E-state index < -0.39 is 6.09 Å². The van der Waals surface area contributed by atoms with Crippen molar-refractivity contribution in [2.45, 2.75) is 18.9 Å². The van der Waals surface area contributed by atoms with Gasteiger partial charge in [0.1, 0.15) is 0 Å². The Morgan fingerprint density at radius 1 is 1.33 bits per heavy atom. The Bertz CT molecular complexity index is 623. The Labute approximate surface area is 142 Å². The molecule has 1 amide bonds. The molecule has 0 aliphatic carbocycles. The van der Waals surface area contributed by atoms with Crippen LogP contribution in [0.4, 0.5) is 4.79 Å². The second kappa shape index (κ2) is 6.80. The molecule has 0 saturated carbocycles. The van der Waals surface area contributed by atoms with Gasteiger partial charge in [-0.15, -0.1) is 0 Å². The van der Waals surface area contributed by atoms with Crippen molar-refractivity contribution in [2.75, 3.05) is 39.8 Å². The highest BCUT2D eigenvalue weighted by atomic mass is 16.4. The number of hydrogen-bond acceptors (Lipinski definition) is 4. The van der Waals surface area contributed by atoms with E-state index >= 15 is 0 Å². The van der Waals surface area contributed by atoms with Gasteiger partial charge >= 0.3 is 6.09 Å². The van der Waals surface area contributed by atoms with E-state index in [9.17, 15) is 4.79 Å². The minimum Gasteiger partial charge on any atom is -0.465 e. The zero-order chi connectivity index (χ0) is 17.2. The van der Waals surface area contributed by atoms with E-state index in [-0.39, 0.29) is 6.04 Å². The minimum atomic E-state index is -0.977. The molecule has 1 aromatic carbocycles. The highest BCUT2D eigenvalue weighted by Crippen LogP contribution is 2.38. The Morgan fingerprint density at radius 3 is 2.54 bits per heavy atom. The lowest BCUT2D eigenvalue weighted by Crippen LogP contribution is -2.71. The van der Waals surface area contributed by atoms with Gasteiger partial charge in [-0.1, -0.05) is 12.1 Å². The van der Waals surface area contributed by atoms with Crippen LogP contribution in [0, 0.1) is 16.7 Å². The lowest BCUT2D eigenvalue weighted by molar-refractivity contribution is -0.104. The van der Waals surface area contributed by atoms with Gasteiger partial charge < -0.3 is 20.2 Å². The van der Waals surface area contributed by atoms with Gasteiger partial charge in [-0.3, -0.25) is 0 Å². The molecule has 2 aliphatic heterocycles. The van der Waals surface area contributed by atoms with Crippen LogP contribution >= 0.6 is 0 Å². The first-order chi connectivity index (χ1) is 11.5. The molecule has 0 aromatic heterocycles. The number of nitriles is 1. The molecule has 3 rings (SSSR count). The monoisotopic (exact) mass is 328 g/mol. The molecule has 2 N–H and O–H groups in total. The van der Waals surface area contributed by atoms with Crippen LogP contribution in [0.25, 0.3) is 0 Å². The summed E-state index contributed by atoms with van der Waals surface area (Å²) >= 11 is 0. The molecule has 128 valence electrons. The predicted octanol–water partition coefficient (Wildman–Crippen LogP) is 1.37. The van der Waals surface area contributed by atoms with Crippen molar-refractivity contribution in [3.8, 4) is 6.07 Å². The summed E-state index contributed by atoms with van der Waals surface area (Å²) in [5.41, 5.74) is 2.18. The van der Waals surface area contributed by atoms with Crippen molar-refractivity contribution >= 4 is 6.09 Å². The van der Waals surface area contributed by atoms with E-state index in [0.717, 1.165) is 31.6 Å². The quantitative estimate of drug-likeness (QED) is 0.824. The minimum absolute atomic E-state index is 0.101. The summed E-state index contributed by atoms with van der Waals surface area (Å²) in [6, 6.07) is 9.35. The van der Waals surface area contributed by atoms with Gasteiger partial charge in [0, 0.05) is 44.2 Å². The lowest BCUT2D eigenvalue weighted by Gasteiger charge is -2.60. The van der Waals surface area contributed by atoms with Gasteiger partial charge in [0.25, 0.3) is 0 Å². The second-order valence-electron chi connectivity index (χ2n) is 7.33. The maximum absolute atomic E-state index is 11.0. The van der Waals surface area contributed by atoms with Gasteiger partial charge in [-0.2, -0.15) is 5.26 Å². The Morgan fingerprint density at radius 2 is 2.00 bits per heavy atom. The number of amides is 1.